The van der Waals surface area contributed by atoms with Crippen LogP contribution in [0.15, 0.2) is 12.1 Å². The minimum Gasteiger partial charge on any atom is -0.493 e. The number of halogens is 1. The van der Waals surface area contributed by atoms with Crippen molar-refractivity contribution in [3.63, 3.8) is 0 Å². The van der Waals surface area contributed by atoms with Crippen molar-refractivity contribution in [3.8, 4) is 11.5 Å². The molecule has 0 atom stereocenters. The molecule has 3 nitrogen and oxygen atoms in total. The molecule has 0 fully saturated rings. The molecule has 4 heteroatoms. The molecule has 1 aromatic rings. The molecule has 0 aliphatic carbocycles. The minimum absolute atomic E-state index is 0.0600. The first-order chi connectivity index (χ1) is 8.00. The van der Waals surface area contributed by atoms with Crippen molar-refractivity contribution < 1.29 is 19.0 Å². The van der Waals surface area contributed by atoms with Gasteiger partial charge in [-0.2, -0.15) is 0 Å². The molecular formula is C13H19FO3. The van der Waals surface area contributed by atoms with Gasteiger partial charge in [-0.15, -0.1) is 0 Å². The Morgan fingerprint density at radius 2 is 1.71 bits per heavy atom. The van der Waals surface area contributed by atoms with Gasteiger partial charge in [0, 0.05) is 5.41 Å². The average Bonchev–Trinajstić information content (AvgIpc) is 2.36. The summed E-state index contributed by atoms with van der Waals surface area (Å²) >= 11 is 0. The van der Waals surface area contributed by atoms with Gasteiger partial charge in [-0.3, -0.25) is 0 Å². The monoisotopic (exact) mass is 242 g/mol. The fourth-order valence-corrected chi connectivity index (χ4v) is 1.75. The van der Waals surface area contributed by atoms with E-state index in [1.807, 2.05) is 13.8 Å². The maximum atomic E-state index is 13.0. The average molecular weight is 242 g/mol. The highest BCUT2D eigenvalue weighted by molar-refractivity contribution is 5.49. The van der Waals surface area contributed by atoms with Crippen LogP contribution in [0.5, 0.6) is 11.5 Å². The number of alkyl halides is 1. The van der Waals surface area contributed by atoms with E-state index in [0.717, 1.165) is 5.56 Å². The van der Waals surface area contributed by atoms with Gasteiger partial charge in [0.15, 0.2) is 11.5 Å². The lowest BCUT2D eigenvalue weighted by molar-refractivity contribution is 0.216. The lowest BCUT2D eigenvalue weighted by Crippen LogP contribution is -2.24. The number of aliphatic hydroxyl groups excluding tert-OH is 1. The van der Waals surface area contributed by atoms with Crippen LogP contribution in [0.1, 0.15) is 25.0 Å². The molecular weight excluding hydrogens is 223 g/mol. The fraction of sp³-hybridized carbons (Fsp3) is 0.538. The van der Waals surface area contributed by atoms with Crippen LogP contribution in [-0.4, -0.2) is 25.9 Å². The molecule has 0 spiro atoms. The highest BCUT2D eigenvalue weighted by Crippen LogP contribution is 2.36. The third kappa shape index (κ3) is 2.69. The lowest BCUT2D eigenvalue weighted by Gasteiger charge is -2.26. The summed E-state index contributed by atoms with van der Waals surface area (Å²) in [5.74, 6) is 1.04. The predicted molar refractivity (Wildman–Crippen MR) is 64.5 cm³/mol. The standard InChI is InChI=1S/C13H19FO3/c1-13(2,8-15)10-6-12(17-4)11(16-3)5-9(10)7-14/h5-6,15H,7-8H2,1-4H3. The van der Waals surface area contributed by atoms with E-state index in [9.17, 15) is 9.50 Å². The SMILES string of the molecule is COc1cc(CF)c(C(C)(C)CO)cc1OC. The van der Waals surface area contributed by atoms with E-state index in [-0.39, 0.29) is 6.61 Å². The Bertz CT molecular complexity index is 388. The van der Waals surface area contributed by atoms with E-state index < -0.39 is 12.1 Å². The van der Waals surface area contributed by atoms with Gasteiger partial charge in [0.05, 0.1) is 20.8 Å². The first-order valence-corrected chi connectivity index (χ1v) is 5.42. The van der Waals surface area contributed by atoms with Crippen molar-refractivity contribution >= 4 is 0 Å². The number of aliphatic hydroxyl groups is 1. The van der Waals surface area contributed by atoms with Gasteiger partial charge < -0.3 is 14.6 Å². The van der Waals surface area contributed by atoms with E-state index in [0.29, 0.717) is 17.1 Å². The molecule has 1 aromatic carbocycles. The summed E-state index contributed by atoms with van der Waals surface area (Å²) in [4.78, 5) is 0. The smallest absolute Gasteiger partial charge is 0.161 e. The molecule has 0 unspecified atom stereocenters. The van der Waals surface area contributed by atoms with Gasteiger partial charge in [0.25, 0.3) is 0 Å². The Hall–Kier alpha value is -1.29. The Balaban J connectivity index is 3.38. The summed E-state index contributed by atoms with van der Waals surface area (Å²) in [5.41, 5.74) is 0.739. The normalized spacial score (nSPS) is 11.4. The van der Waals surface area contributed by atoms with Crippen LogP contribution in [0.3, 0.4) is 0 Å². The number of hydrogen-bond acceptors (Lipinski definition) is 3. The van der Waals surface area contributed by atoms with Crippen molar-refractivity contribution in [1.82, 2.24) is 0 Å². The van der Waals surface area contributed by atoms with E-state index in [4.69, 9.17) is 9.47 Å². The summed E-state index contributed by atoms with van der Waals surface area (Å²) in [7, 11) is 3.04. The molecule has 0 aliphatic heterocycles. The van der Waals surface area contributed by atoms with Gasteiger partial charge in [-0.1, -0.05) is 13.8 Å². The summed E-state index contributed by atoms with van der Waals surface area (Å²) < 4.78 is 23.3. The van der Waals surface area contributed by atoms with Crippen molar-refractivity contribution in [2.45, 2.75) is 25.9 Å². The van der Waals surface area contributed by atoms with Crippen LogP contribution >= 0.6 is 0 Å². The zero-order valence-electron chi connectivity index (χ0n) is 10.7. The molecule has 0 saturated carbocycles. The highest BCUT2D eigenvalue weighted by atomic mass is 19.1. The second kappa shape index (κ2) is 5.36. The maximum absolute atomic E-state index is 13.0. The van der Waals surface area contributed by atoms with Crippen LogP contribution in [0.25, 0.3) is 0 Å². The number of rotatable bonds is 5. The Kier molecular flexibility index (Phi) is 4.34. The number of benzene rings is 1. The second-order valence-electron chi connectivity index (χ2n) is 4.54. The van der Waals surface area contributed by atoms with Crippen LogP contribution in [0.4, 0.5) is 4.39 Å². The van der Waals surface area contributed by atoms with Crippen molar-refractivity contribution in [2.24, 2.45) is 0 Å². The molecule has 1 N–H and O–H groups in total. The zero-order valence-corrected chi connectivity index (χ0v) is 10.7. The number of hydrogen-bond donors (Lipinski definition) is 1. The van der Waals surface area contributed by atoms with Gasteiger partial charge >= 0.3 is 0 Å². The van der Waals surface area contributed by atoms with Gasteiger partial charge in [-0.25, -0.2) is 4.39 Å². The largest absolute Gasteiger partial charge is 0.493 e. The molecule has 17 heavy (non-hydrogen) atoms. The van der Waals surface area contributed by atoms with E-state index in [2.05, 4.69) is 0 Å². The van der Waals surface area contributed by atoms with Gasteiger partial charge in [-0.05, 0) is 23.3 Å². The van der Waals surface area contributed by atoms with Crippen LogP contribution in [0.2, 0.25) is 0 Å². The summed E-state index contributed by atoms with van der Waals surface area (Å²) in [6.07, 6.45) is 0. The van der Waals surface area contributed by atoms with E-state index in [1.54, 1.807) is 12.1 Å². The van der Waals surface area contributed by atoms with Crippen molar-refractivity contribution in [3.05, 3.63) is 23.3 Å². The molecule has 0 aromatic heterocycles. The molecule has 0 bridgehead atoms. The number of ether oxygens (including phenoxy) is 2. The van der Waals surface area contributed by atoms with E-state index in [1.165, 1.54) is 14.2 Å². The first kappa shape index (κ1) is 13.8. The first-order valence-electron chi connectivity index (χ1n) is 5.42. The number of methoxy groups -OCH3 is 2. The molecule has 0 amide bonds. The van der Waals surface area contributed by atoms with Gasteiger partial charge in [0.2, 0.25) is 0 Å². The third-order valence-electron chi connectivity index (χ3n) is 2.88. The topological polar surface area (TPSA) is 38.7 Å². The summed E-state index contributed by atoms with van der Waals surface area (Å²) in [6.45, 7) is 3.05. The Morgan fingerprint density at radius 3 is 2.12 bits per heavy atom. The lowest BCUT2D eigenvalue weighted by atomic mass is 9.82. The Morgan fingerprint density at radius 1 is 1.18 bits per heavy atom. The van der Waals surface area contributed by atoms with Crippen LogP contribution in [0, 0.1) is 0 Å². The molecule has 1 rings (SSSR count). The van der Waals surface area contributed by atoms with Crippen LogP contribution < -0.4 is 9.47 Å². The fourth-order valence-electron chi connectivity index (χ4n) is 1.75. The molecule has 96 valence electrons. The third-order valence-corrected chi connectivity index (χ3v) is 2.88. The molecule has 0 radical (unpaired) electrons. The van der Waals surface area contributed by atoms with Crippen LogP contribution in [-0.2, 0) is 12.1 Å². The second-order valence-corrected chi connectivity index (χ2v) is 4.54. The molecule has 0 saturated heterocycles. The molecule has 0 heterocycles. The van der Waals surface area contributed by atoms with Crippen molar-refractivity contribution in [1.29, 1.82) is 0 Å². The van der Waals surface area contributed by atoms with Gasteiger partial charge in [0.1, 0.15) is 6.67 Å². The zero-order chi connectivity index (χ0) is 13.1. The van der Waals surface area contributed by atoms with E-state index >= 15 is 0 Å². The van der Waals surface area contributed by atoms with Crippen molar-refractivity contribution in [2.75, 3.05) is 20.8 Å². The predicted octanol–water partition coefficient (Wildman–Crippen LogP) is 2.44. The Labute approximate surface area is 101 Å². The summed E-state index contributed by atoms with van der Waals surface area (Å²) in [6, 6.07) is 3.34. The summed E-state index contributed by atoms with van der Waals surface area (Å²) in [5, 5.41) is 9.36. The molecule has 0 aliphatic rings. The highest BCUT2D eigenvalue weighted by Gasteiger charge is 2.25. The quantitative estimate of drug-likeness (QED) is 0.862. The minimum atomic E-state index is -0.598. The maximum Gasteiger partial charge on any atom is 0.161 e.